The average Bonchev–Trinajstić information content (AvgIpc) is 2.92. The van der Waals surface area contributed by atoms with Crippen LogP contribution in [0.3, 0.4) is 0 Å². The van der Waals surface area contributed by atoms with Crippen LogP contribution in [0.2, 0.25) is 0 Å². The molecular weight excluding hydrogens is 338 g/mol. The quantitative estimate of drug-likeness (QED) is 0.460. The summed E-state index contributed by atoms with van der Waals surface area (Å²) in [4.78, 5) is 20.0. The Kier molecular flexibility index (Phi) is 5.12. The fourth-order valence-corrected chi connectivity index (χ4v) is 5.42. The number of aryl methyl sites for hydroxylation is 1. The van der Waals surface area contributed by atoms with Gasteiger partial charge in [0.15, 0.2) is 5.16 Å². The third kappa shape index (κ3) is 3.15. The van der Waals surface area contributed by atoms with E-state index in [2.05, 4.69) is 19.6 Å². The molecule has 6 heteroatoms. The van der Waals surface area contributed by atoms with Gasteiger partial charge in [-0.1, -0.05) is 24.8 Å². The molecule has 1 aliphatic carbocycles. The van der Waals surface area contributed by atoms with Crippen molar-refractivity contribution in [3.05, 3.63) is 33.4 Å². The van der Waals surface area contributed by atoms with Crippen LogP contribution in [0.5, 0.6) is 0 Å². The summed E-state index contributed by atoms with van der Waals surface area (Å²) < 4.78 is 1.70. The fraction of sp³-hybridized carbons (Fsp3) is 0.500. The second-order valence-corrected chi connectivity index (χ2v) is 8.54. The lowest BCUT2D eigenvalue weighted by atomic mass is 9.89. The van der Waals surface area contributed by atoms with Crippen LogP contribution in [-0.2, 0) is 19.4 Å². The third-order valence-electron chi connectivity index (χ3n) is 4.37. The number of hydrogen-bond donors (Lipinski definition) is 0. The maximum Gasteiger partial charge on any atom is 0.263 e. The van der Waals surface area contributed by atoms with Crippen molar-refractivity contribution in [1.82, 2.24) is 9.55 Å². The van der Waals surface area contributed by atoms with Gasteiger partial charge in [-0.15, -0.1) is 17.9 Å². The van der Waals surface area contributed by atoms with Crippen molar-refractivity contribution < 1.29 is 0 Å². The summed E-state index contributed by atoms with van der Waals surface area (Å²) in [5.74, 6) is 1.23. The van der Waals surface area contributed by atoms with Gasteiger partial charge >= 0.3 is 0 Å². The Morgan fingerprint density at radius 3 is 3.12 bits per heavy atom. The van der Waals surface area contributed by atoms with Crippen LogP contribution in [-0.4, -0.2) is 15.3 Å². The van der Waals surface area contributed by atoms with E-state index < -0.39 is 0 Å². The van der Waals surface area contributed by atoms with Gasteiger partial charge in [0.05, 0.1) is 17.4 Å². The molecule has 24 heavy (non-hydrogen) atoms. The largest absolute Gasteiger partial charge is 0.283 e. The number of fused-ring (bicyclic) bond motifs is 3. The summed E-state index contributed by atoms with van der Waals surface area (Å²) in [6.07, 6.45) is 4.88. The smallest absolute Gasteiger partial charge is 0.263 e. The molecule has 0 aromatic carbocycles. The minimum Gasteiger partial charge on any atom is -0.283 e. The van der Waals surface area contributed by atoms with Gasteiger partial charge < -0.3 is 0 Å². The molecule has 3 rings (SSSR count). The van der Waals surface area contributed by atoms with Gasteiger partial charge in [0.1, 0.15) is 4.83 Å². The first-order valence-corrected chi connectivity index (χ1v) is 10.0. The lowest BCUT2D eigenvalue weighted by molar-refractivity contribution is 0.509. The SMILES string of the molecule is C=CCn1c(SC[C@H](C)C#N)nc2sc3c(c2c1=O)CC[C@H](C)C3. The van der Waals surface area contributed by atoms with E-state index in [-0.39, 0.29) is 11.5 Å². The van der Waals surface area contributed by atoms with Crippen LogP contribution in [0.1, 0.15) is 30.7 Å². The standard InChI is InChI=1S/C18H21N3OS2/c1-4-7-21-17(22)15-13-6-5-11(2)8-14(13)24-16(15)20-18(21)23-10-12(3)9-19/h4,11-12H,1,5-8,10H2,2-3H3/t11-,12+/m0/s1. The van der Waals surface area contributed by atoms with Crippen molar-refractivity contribution in [3.63, 3.8) is 0 Å². The summed E-state index contributed by atoms with van der Waals surface area (Å²) in [5.41, 5.74) is 1.25. The van der Waals surface area contributed by atoms with E-state index in [1.165, 1.54) is 22.2 Å². The normalized spacial score (nSPS) is 18.1. The second-order valence-electron chi connectivity index (χ2n) is 6.47. The van der Waals surface area contributed by atoms with Crippen molar-refractivity contribution in [1.29, 1.82) is 5.26 Å². The highest BCUT2D eigenvalue weighted by Crippen LogP contribution is 2.36. The van der Waals surface area contributed by atoms with Crippen LogP contribution < -0.4 is 5.56 Å². The first-order valence-electron chi connectivity index (χ1n) is 8.23. The Hall–Kier alpha value is -1.58. The zero-order valence-corrected chi connectivity index (χ0v) is 15.7. The number of hydrogen-bond acceptors (Lipinski definition) is 5. The number of nitrogens with zero attached hydrogens (tertiary/aromatic N) is 3. The minimum atomic E-state index is -0.0721. The Labute approximate surface area is 150 Å². The Morgan fingerprint density at radius 1 is 1.62 bits per heavy atom. The highest BCUT2D eigenvalue weighted by atomic mass is 32.2. The number of thioether (sulfide) groups is 1. The third-order valence-corrected chi connectivity index (χ3v) is 6.76. The van der Waals surface area contributed by atoms with Crippen molar-refractivity contribution >= 4 is 33.3 Å². The predicted octanol–water partition coefficient (Wildman–Crippen LogP) is 4.02. The summed E-state index contributed by atoms with van der Waals surface area (Å²) in [7, 11) is 0. The van der Waals surface area contributed by atoms with Crippen molar-refractivity contribution in [3.8, 4) is 6.07 Å². The highest BCUT2D eigenvalue weighted by molar-refractivity contribution is 7.99. The van der Waals surface area contributed by atoms with Gasteiger partial charge in [-0.25, -0.2) is 4.98 Å². The topological polar surface area (TPSA) is 58.7 Å². The molecule has 0 aliphatic heterocycles. The molecule has 0 N–H and O–H groups in total. The molecule has 4 nitrogen and oxygen atoms in total. The van der Waals surface area contributed by atoms with E-state index in [1.54, 1.807) is 22.0 Å². The molecular formula is C18H21N3OS2. The van der Waals surface area contributed by atoms with E-state index in [4.69, 9.17) is 10.2 Å². The highest BCUT2D eigenvalue weighted by Gasteiger charge is 2.24. The molecule has 126 valence electrons. The summed E-state index contributed by atoms with van der Waals surface area (Å²) in [5, 5.41) is 10.5. The van der Waals surface area contributed by atoms with E-state index in [0.29, 0.717) is 23.4 Å². The van der Waals surface area contributed by atoms with Crippen LogP contribution in [0.25, 0.3) is 10.2 Å². The van der Waals surface area contributed by atoms with Crippen LogP contribution in [0.15, 0.2) is 22.6 Å². The van der Waals surface area contributed by atoms with Gasteiger partial charge in [0.25, 0.3) is 5.56 Å². The summed E-state index contributed by atoms with van der Waals surface area (Å²) >= 11 is 3.15. The van der Waals surface area contributed by atoms with Gasteiger partial charge in [-0.3, -0.25) is 9.36 Å². The van der Waals surface area contributed by atoms with E-state index >= 15 is 0 Å². The molecule has 2 aromatic heterocycles. The molecule has 0 amide bonds. The molecule has 0 unspecified atom stereocenters. The molecule has 2 aromatic rings. The lowest BCUT2D eigenvalue weighted by Crippen LogP contribution is -2.23. The molecule has 0 saturated carbocycles. The zero-order valence-electron chi connectivity index (χ0n) is 14.0. The van der Waals surface area contributed by atoms with E-state index in [9.17, 15) is 4.79 Å². The Bertz CT molecular complexity index is 875. The molecule has 1 aliphatic rings. The molecule has 0 fully saturated rings. The average molecular weight is 360 g/mol. The first kappa shape index (κ1) is 17.2. The zero-order chi connectivity index (χ0) is 17.3. The number of nitriles is 1. The predicted molar refractivity (Wildman–Crippen MR) is 101 cm³/mol. The molecule has 0 radical (unpaired) electrons. The molecule has 0 bridgehead atoms. The first-order chi connectivity index (χ1) is 11.5. The van der Waals surface area contributed by atoms with Crippen LogP contribution in [0.4, 0.5) is 0 Å². The molecule has 2 heterocycles. The maximum atomic E-state index is 13.1. The Morgan fingerprint density at radius 2 is 2.42 bits per heavy atom. The maximum absolute atomic E-state index is 13.1. The monoisotopic (exact) mass is 359 g/mol. The summed E-state index contributed by atoms with van der Waals surface area (Å²) in [6.45, 7) is 8.37. The van der Waals surface area contributed by atoms with Crippen molar-refractivity contribution in [2.75, 3.05) is 5.75 Å². The molecule has 2 atom stereocenters. The van der Waals surface area contributed by atoms with Gasteiger partial charge in [-0.05, 0) is 37.7 Å². The van der Waals surface area contributed by atoms with Crippen LogP contribution in [0, 0.1) is 23.2 Å². The second kappa shape index (κ2) is 7.12. The number of rotatable bonds is 5. The van der Waals surface area contributed by atoms with E-state index in [1.807, 2.05) is 6.92 Å². The molecule has 0 saturated heterocycles. The molecule has 0 spiro atoms. The van der Waals surface area contributed by atoms with Gasteiger partial charge in [0.2, 0.25) is 0 Å². The fourth-order valence-electron chi connectivity index (χ4n) is 3.04. The van der Waals surface area contributed by atoms with Crippen LogP contribution >= 0.6 is 23.1 Å². The Balaban J connectivity index is 2.12. The van der Waals surface area contributed by atoms with Gasteiger partial charge in [-0.2, -0.15) is 5.26 Å². The number of thiophene rings is 1. The number of aromatic nitrogens is 2. The van der Waals surface area contributed by atoms with E-state index in [0.717, 1.165) is 29.5 Å². The minimum absolute atomic E-state index is 0.0408. The lowest BCUT2D eigenvalue weighted by Gasteiger charge is -2.17. The van der Waals surface area contributed by atoms with Crippen molar-refractivity contribution in [2.24, 2.45) is 11.8 Å². The van der Waals surface area contributed by atoms with Crippen molar-refractivity contribution in [2.45, 2.75) is 44.8 Å². The summed E-state index contributed by atoms with van der Waals surface area (Å²) in [6, 6.07) is 2.23. The number of allylic oxidation sites excluding steroid dienone is 1. The van der Waals surface area contributed by atoms with Gasteiger partial charge in [0, 0.05) is 17.2 Å².